The predicted molar refractivity (Wildman–Crippen MR) is 91.0 cm³/mol. The Balaban J connectivity index is 1.52. The minimum atomic E-state index is -0.0679. The number of hydrogen-bond donors (Lipinski definition) is 2. The summed E-state index contributed by atoms with van der Waals surface area (Å²) in [5, 5.41) is 16.9. The Hall–Kier alpha value is -2.28. The largest absolute Gasteiger partial charge is 0.351 e. The van der Waals surface area contributed by atoms with Crippen molar-refractivity contribution in [1.29, 1.82) is 0 Å². The maximum absolute atomic E-state index is 12.4. The van der Waals surface area contributed by atoms with E-state index in [1.807, 2.05) is 31.2 Å². The first-order valence-corrected chi connectivity index (χ1v) is 8.58. The topological polar surface area (TPSA) is 86.8 Å². The van der Waals surface area contributed by atoms with Crippen molar-refractivity contribution >= 4 is 5.91 Å². The van der Waals surface area contributed by atoms with E-state index < -0.39 is 0 Å². The highest BCUT2D eigenvalue weighted by Gasteiger charge is 2.21. The van der Waals surface area contributed by atoms with Gasteiger partial charge in [0, 0.05) is 12.1 Å². The molecule has 1 saturated heterocycles. The number of carbonyl (C=O) groups excluding carboxylic acids is 1. The number of H-pyrrole nitrogens is 1. The van der Waals surface area contributed by atoms with Gasteiger partial charge in [-0.05, 0) is 43.6 Å². The fourth-order valence-corrected chi connectivity index (χ4v) is 3.04. The third-order valence-electron chi connectivity index (χ3n) is 4.59. The number of aromatic nitrogens is 4. The number of hydrogen-bond acceptors (Lipinski definition) is 5. The minimum Gasteiger partial charge on any atom is -0.351 e. The smallest absolute Gasteiger partial charge is 0.237 e. The first-order chi connectivity index (χ1) is 11.7. The summed E-state index contributed by atoms with van der Waals surface area (Å²) in [5.41, 5.74) is 1.95. The lowest BCUT2D eigenvalue weighted by Gasteiger charge is -2.26. The Morgan fingerprint density at radius 3 is 2.54 bits per heavy atom. The zero-order valence-electron chi connectivity index (χ0n) is 14.0. The number of benzene rings is 1. The van der Waals surface area contributed by atoms with E-state index in [1.54, 1.807) is 0 Å². The molecule has 1 aliphatic rings. The normalized spacial score (nSPS) is 17.2. The van der Waals surface area contributed by atoms with Gasteiger partial charge in [-0.1, -0.05) is 37.1 Å². The molecular formula is C17H24N6O. The highest BCUT2D eigenvalue weighted by molar-refractivity contribution is 5.81. The Morgan fingerprint density at radius 2 is 1.92 bits per heavy atom. The molecule has 2 aromatic rings. The monoisotopic (exact) mass is 328 g/mol. The van der Waals surface area contributed by atoms with Crippen molar-refractivity contribution in [3.05, 3.63) is 29.8 Å². The van der Waals surface area contributed by atoms with Crippen LogP contribution in [0.4, 0.5) is 0 Å². The zero-order valence-corrected chi connectivity index (χ0v) is 14.0. The predicted octanol–water partition coefficient (Wildman–Crippen LogP) is 1.75. The summed E-state index contributed by atoms with van der Waals surface area (Å²) < 4.78 is 0. The van der Waals surface area contributed by atoms with E-state index in [0.29, 0.717) is 12.4 Å². The number of rotatable bonds is 5. The van der Waals surface area contributed by atoms with E-state index in [9.17, 15) is 4.79 Å². The molecular weight excluding hydrogens is 304 g/mol. The van der Waals surface area contributed by atoms with Gasteiger partial charge in [-0.3, -0.25) is 9.69 Å². The van der Waals surface area contributed by atoms with Gasteiger partial charge in [0.25, 0.3) is 0 Å². The fraction of sp³-hybridized carbons (Fsp3) is 0.529. The molecule has 3 rings (SSSR count). The molecule has 24 heavy (non-hydrogen) atoms. The summed E-state index contributed by atoms with van der Waals surface area (Å²) in [6, 6.07) is 7.75. The van der Waals surface area contributed by atoms with Gasteiger partial charge in [-0.25, -0.2) is 0 Å². The van der Waals surface area contributed by atoms with Crippen molar-refractivity contribution in [2.24, 2.45) is 0 Å². The van der Waals surface area contributed by atoms with Crippen LogP contribution < -0.4 is 5.32 Å². The van der Waals surface area contributed by atoms with E-state index in [2.05, 4.69) is 30.8 Å². The van der Waals surface area contributed by atoms with Crippen LogP contribution in [0.5, 0.6) is 0 Å². The van der Waals surface area contributed by atoms with Crippen LogP contribution in [0, 0.1) is 0 Å². The quantitative estimate of drug-likeness (QED) is 0.873. The molecule has 0 spiro atoms. The van der Waals surface area contributed by atoms with E-state index in [-0.39, 0.29) is 11.9 Å². The van der Waals surface area contributed by atoms with Crippen molar-refractivity contribution in [2.75, 3.05) is 13.1 Å². The molecule has 0 aliphatic carbocycles. The van der Waals surface area contributed by atoms with Crippen molar-refractivity contribution in [3.63, 3.8) is 0 Å². The molecule has 1 amide bonds. The number of likely N-dealkylation sites (tertiary alicyclic amines) is 1. The van der Waals surface area contributed by atoms with Crippen molar-refractivity contribution in [1.82, 2.24) is 30.8 Å². The van der Waals surface area contributed by atoms with Gasteiger partial charge >= 0.3 is 0 Å². The van der Waals surface area contributed by atoms with E-state index >= 15 is 0 Å². The van der Waals surface area contributed by atoms with Crippen molar-refractivity contribution in [2.45, 2.75) is 45.2 Å². The Bertz CT molecular complexity index is 632. The van der Waals surface area contributed by atoms with Gasteiger partial charge in [-0.15, -0.1) is 10.2 Å². The number of carbonyl (C=O) groups is 1. The van der Waals surface area contributed by atoms with Crippen LogP contribution in [-0.2, 0) is 11.3 Å². The molecule has 7 nitrogen and oxygen atoms in total. The van der Waals surface area contributed by atoms with E-state index in [1.165, 1.54) is 25.7 Å². The zero-order chi connectivity index (χ0) is 16.8. The molecule has 0 radical (unpaired) electrons. The maximum atomic E-state index is 12.4. The molecule has 1 unspecified atom stereocenters. The summed E-state index contributed by atoms with van der Waals surface area (Å²) in [6.07, 6.45) is 4.93. The summed E-state index contributed by atoms with van der Waals surface area (Å²) >= 11 is 0. The first kappa shape index (κ1) is 16.6. The lowest BCUT2D eigenvalue weighted by atomic mass is 10.1. The van der Waals surface area contributed by atoms with Gasteiger partial charge in [-0.2, -0.15) is 5.21 Å². The Kier molecular flexibility index (Phi) is 5.53. The first-order valence-electron chi connectivity index (χ1n) is 8.58. The fourth-order valence-electron chi connectivity index (χ4n) is 3.04. The molecule has 1 aromatic heterocycles. The van der Waals surface area contributed by atoms with Crippen LogP contribution in [0.1, 0.15) is 38.2 Å². The van der Waals surface area contributed by atoms with Crippen molar-refractivity contribution < 1.29 is 4.79 Å². The molecule has 128 valence electrons. The molecule has 2 N–H and O–H groups in total. The molecule has 0 bridgehead atoms. The molecule has 7 heteroatoms. The van der Waals surface area contributed by atoms with E-state index in [0.717, 1.165) is 24.2 Å². The lowest BCUT2D eigenvalue weighted by molar-refractivity contribution is -0.126. The molecule has 1 atom stereocenters. The average molecular weight is 328 g/mol. The van der Waals surface area contributed by atoms with Crippen LogP contribution in [0.2, 0.25) is 0 Å². The number of aromatic amines is 1. The SMILES string of the molecule is CC(C(=O)NCc1ccc(-c2nn[nH]n2)cc1)N1CCCCCC1. The standard InChI is InChI=1S/C17H24N6O/c1-13(23-10-4-2-3-5-11-23)17(24)18-12-14-6-8-15(9-7-14)16-19-21-22-20-16/h6-9,13H,2-5,10-12H2,1H3,(H,18,24)(H,19,20,21,22). The summed E-state index contributed by atoms with van der Waals surface area (Å²) in [4.78, 5) is 14.7. The van der Waals surface area contributed by atoms with Gasteiger partial charge in [0.05, 0.1) is 6.04 Å². The number of nitrogens with one attached hydrogen (secondary N) is 2. The molecule has 1 aliphatic heterocycles. The molecule has 2 heterocycles. The van der Waals surface area contributed by atoms with Crippen LogP contribution in [0.3, 0.4) is 0 Å². The molecule has 1 fully saturated rings. The Morgan fingerprint density at radius 1 is 1.21 bits per heavy atom. The van der Waals surface area contributed by atoms with Gasteiger partial charge in [0.1, 0.15) is 0 Å². The summed E-state index contributed by atoms with van der Waals surface area (Å²) in [6.45, 7) is 4.57. The second-order valence-corrected chi connectivity index (χ2v) is 6.28. The van der Waals surface area contributed by atoms with Crippen LogP contribution >= 0.6 is 0 Å². The number of amides is 1. The third kappa shape index (κ3) is 4.17. The molecule has 1 aromatic carbocycles. The third-order valence-corrected chi connectivity index (χ3v) is 4.59. The maximum Gasteiger partial charge on any atom is 0.237 e. The van der Waals surface area contributed by atoms with Gasteiger partial charge in [0.15, 0.2) is 0 Å². The second kappa shape index (κ2) is 8.01. The number of nitrogens with zero attached hydrogens (tertiary/aromatic N) is 4. The van der Waals surface area contributed by atoms with Gasteiger partial charge in [0.2, 0.25) is 11.7 Å². The highest BCUT2D eigenvalue weighted by atomic mass is 16.2. The van der Waals surface area contributed by atoms with Crippen LogP contribution in [-0.4, -0.2) is 50.6 Å². The van der Waals surface area contributed by atoms with Gasteiger partial charge < -0.3 is 5.32 Å². The molecule has 0 saturated carbocycles. The van der Waals surface area contributed by atoms with Crippen molar-refractivity contribution in [3.8, 4) is 11.4 Å². The summed E-state index contributed by atoms with van der Waals surface area (Å²) in [7, 11) is 0. The highest BCUT2D eigenvalue weighted by Crippen LogP contribution is 2.15. The summed E-state index contributed by atoms with van der Waals surface area (Å²) in [5.74, 6) is 0.666. The van der Waals surface area contributed by atoms with Crippen LogP contribution in [0.25, 0.3) is 11.4 Å². The Labute approximate surface area is 141 Å². The van der Waals surface area contributed by atoms with E-state index in [4.69, 9.17) is 0 Å². The average Bonchev–Trinajstić information content (AvgIpc) is 3.02. The lowest BCUT2D eigenvalue weighted by Crippen LogP contribution is -2.45. The number of tetrazole rings is 1. The van der Waals surface area contributed by atoms with Crippen LogP contribution in [0.15, 0.2) is 24.3 Å². The minimum absolute atomic E-state index is 0.0679. The second-order valence-electron chi connectivity index (χ2n) is 6.28.